The predicted octanol–water partition coefficient (Wildman–Crippen LogP) is 2.02. The van der Waals surface area contributed by atoms with Gasteiger partial charge in [-0.2, -0.15) is 0 Å². The lowest BCUT2D eigenvalue weighted by Crippen LogP contribution is -3.13. The fraction of sp³-hybridized carbons (Fsp3) is 0.278. The summed E-state index contributed by atoms with van der Waals surface area (Å²) in [7, 11) is 0. The summed E-state index contributed by atoms with van der Waals surface area (Å²) in [6, 6.07) is 14.0. The van der Waals surface area contributed by atoms with Crippen LogP contribution in [0.1, 0.15) is 15.9 Å². The van der Waals surface area contributed by atoms with Gasteiger partial charge in [-0.05, 0) is 18.2 Å². The molecule has 2 aromatic carbocycles. The fourth-order valence-electron chi connectivity index (χ4n) is 2.92. The lowest BCUT2D eigenvalue weighted by Gasteiger charge is -2.32. The van der Waals surface area contributed by atoms with Crippen molar-refractivity contribution in [1.82, 2.24) is 4.90 Å². The van der Waals surface area contributed by atoms with Crippen LogP contribution in [0.25, 0.3) is 0 Å². The van der Waals surface area contributed by atoms with Crippen LogP contribution in [0.5, 0.6) is 0 Å². The van der Waals surface area contributed by atoms with Gasteiger partial charge in [-0.15, -0.1) is 0 Å². The highest BCUT2D eigenvalue weighted by Crippen LogP contribution is 2.14. The van der Waals surface area contributed by atoms with Gasteiger partial charge < -0.3 is 9.80 Å². The zero-order chi connectivity index (χ0) is 16.2. The summed E-state index contributed by atoms with van der Waals surface area (Å²) in [5, 5.41) is 0.782. The van der Waals surface area contributed by atoms with Crippen molar-refractivity contribution in [3.8, 4) is 0 Å². The number of hydrogen-bond acceptors (Lipinski definition) is 1. The lowest BCUT2D eigenvalue weighted by atomic mass is 10.1. The zero-order valence-electron chi connectivity index (χ0n) is 12.8. The van der Waals surface area contributed by atoms with Crippen molar-refractivity contribution >= 4 is 17.5 Å². The van der Waals surface area contributed by atoms with Gasteiger partial charge in [-0.3, -0.25) is 4.79 Å². The number of benzene rings is 2. The van der Waals surface area contributed by atoms with Gasteiger partial charge in [0.1, 0.15) is 12.4 Å². The molecule has 1 aliphatic rings. The molecular formula is C18H19ClFN2O+. The van der Waals surface area contributed by atoms with E-state index in [4.69, 9.17) is 11.6 Å². The summed E-state index contributed by atoms with van der Waals surface area (Å²) in [6.07, 6.45) is 0. The second kappa shape index (κ2) is 7.11. The molecule has 0 radical (unpaired) electrons. The van der Waals surface area contributed by atoms with Gasteiger partial charge in [-0.25, -0.2) is 4.39 Å². The zero-order valence-corrected chi connectivity index (χ0v) is 13.5. The fourth-order valence-corrected chi connectivity index (χ4v) is 3.12. The Bertz CT molecular complexity index is 699. The van der Waals surface area contributed by atoms with E-state index in [1.54, 1.807) is 23.1 Å². The van der Waals surface area contributed by atoms with Crippen LogP contribution in [0, 0.1) is 5.82 Å². The molecule has 1 heterocycles. The molecule has 0 saturated carbocycles. The number of carbonyl (C=O) groups excluding carboxylic acids is 1. The molecule has 120 valence electrons. The molecule has 1 saturated heterocycles. The highest BCUT2D eigenvalue weighted by atomic mass is 35.5. The first-order valence-electron chi connectivity index (χ1n) is 7.76. The number of hydrogen-bond donors (Lipinski definition) is 1. The second-order valence-corrected chi connectivity index (χ2v) is 6.20. The third-order valence-corrected chi connectivity index (χ3v) is 4.63. The summed E-state index contributed by atoms with van der Waals surface area (Å²) in [5.74, 6) is -0.678. The number of quaternary nitrogens is 1. The van der Waals surface area contributed by atoms with Gasteiger partial charge >= 0.3 is 0 Å². The normalized spacial score (nSPS) is 15.7. The number of nitrogens with one attached hydrogen (secondary N) is 1. The number of rotatable bonds is 3. The van der Waals surface area contributed by atoms with E-state index in [0.29, 0.717) is 13.1 Å². The predicted molar refractivity (Wildman–Crippen MR) is 88.2 cm³/mol. The van der Waals surface area contributed by atoms with Gasteiger partial charge in [0.15, 0.2) is 0 Å². The van der Waals surface area contributed by atoms with Crippen LogP contribution in [-0.4, -0.2) is 37.0 Å². The molecule has 5 heteroatoms. The minimum atomic E-state index is -0.455. The highest BCUT2D eigenvalue weighted by Gasteiger charge is 2.26. The number of carbonyl (C=O) groups is 1. The molecule has 0 atom stereocenters. The molecule has 3 rings (SSSR count). The van der Waals surface area contributed by atoms with E-state index >= 15 is 0 Å². The van der Waals surface area contributed by atoms with Crippen molar-refractivity contribution < 1.29 is 14.1 Å². The first-order chi connectivity index (χ1) is 11.1. The van der Waals surface area contributed by atoms with Crippen LogP contribution >= 0.6 is 11.6 Å². The number of halogens is 2. The Morgan fingerprint density at radius 3 is 2.43 bits per heavy atom. The largest absolute Gasteiger partial charge is 0.328 e. The maximum atomic E-state index is 13.7. The lowest BCUT2D eigenvalue weighted by molar-refractivity contribution is -0.917. The van der Waals surface area contributed by atoms with Crippen molar-refractivity contribution in [3.05, 3.63) is 70.5 Å². The molecule has 1 aliphatic heterocycles. The first kappa shape index (κ1) is 16.0. The van der Waals surface area contributed by atoms with Crippen molar-refractivity contribution in [1.29, 1.82) is 0 Å². The van der Waals surface area contributed by atoms with E-state index in [2.05, 4.69) is 0 Å². The summed E-state index contributed by atoms with van der Waals surface area (Å²) in [6.45, 7) is 3.79. The van der Waals surface area contributed by atoms with Gasteiger partial charge in [-0.1, -0.05) is 41.9 Å². The van der Waals surface area contributed by atoms with Crippen LogP contribution in [0.2, 0.25) is 5.02 Å². The maximum absolute atomic E-state index is 13.7. The van der Waals surface area contributed by atoms with Crippen LogP contribution in [-0.2, 0) is 6.54 Å². The Morgan fingerprint density at radius 1 is 1.09 bits per heavy atom. The quantitative estimate of drug-likeness (QED) is 0.913. The SMILES string of the molecule is O=C(c1ccccc1F)N1CC[NH+](Cc2ccccc2Cl)CC1. The third-order valence-electron chi connectivity index (χ3n) is 4.26. The number of nitrogens with zero attached hydrogens (tertiary/aromatic N) is 1. The van der Waals surface area contributed by atoms with Crippen LogP contribution < -0.4 is 4.90 Å². The van der Waals surface area contributed by atoms with Crippen molar-refractivity contribution in [3.63, 3.8) is 0 Å². The molecular weight excluding hydrogens is 315 g/mol. The molecule has 2 aromatic rings. The van der Waals surface area contributed by atoms with Crippen LogP contribution in [0.15, 0.2) is 48.5 Å². The van der Waals surface area contributed by atoms with E-state index in [0.717, 1.165) is 30.2 Å². The van der Waals surface area contributed by atoms with E-state index in [1.165, 1.54) is 11.0 Å². The Kier molecular flexibility index (Phi) is 4.94. The highest BCUT2D eigenvalue weighted by molar-refractivity contribution is 6.31. The number of amides is 1. The third kappa shape index (κ3) is 3.71. The molecule has 0 aliphatic carbocycles. The van der Waals surface area contributed by atoms with Crippen molar-refractivity contribution in [2.45, 2.75) is 6.54 Å². The maximum Gasteiger partial charge on any atom is 0.257 e. The standard InChI is InChI=1S/C18H18ClFN2O/c19-16-7-3-1-5-14(16)13-21-9-11-22(12-10-21)18(23)15-6-2-4-8-17(15)20/h1-8H,9-13H2/p+1. The van der Waals surface area contributed by atoms with E-state index in [9.17, 15) is 9.18 Å². The van der Waals surface area contributed by atoms with Crippen molar-refractivity contribution in [2.24, 2.45) is 0 Å². The molecule has 0 unspecified atom stereocenters. The minimum absolute atomic E-state index is 0.155. The Balaban J connectivity index is 1.59. The summed E-state index contributed by atoms with van der Waals surface area (Å²) < 4.78 is 13.7. The summed E-state index contributed by atoms with van der Waals surface area (Å²) >= 11 is 6.20. The molecule has 1 amide bonds. The van der Waals surface area contributed by atoms with Crippen LogP contribution in [0.4, 0.5) is 4.39 Å². The summed E-state index contributed by atoms with van der Waals surface area (Å²) in [5.41, 5.74) is 1.28. The molecule has 1 N–H and O–H groups in total. The van der Waals surface area contributed by atoms with Gasteiger partial charge in [0.05, 0.1) is 31.7 Å². The van der Waals surface area contributed by atoms with Crippen LogP contribution in [0.3, 0.4) is 0 Å². The number of piperazine rings is 1. The Labute approximate surface area is 140 Å². The van der Waals surface area contributed by atoms with Crippen molar-refractivity contribution in [2.75, 3.05) is 26.2 Å². The van der Waals surface area contributed by atoms with Gasteiger partial charge in [0.2, 0.25) is 0 Å². The first-order valence-corrected chi connectivity index (χ1v) is 8.14. The summed E-state index contributed by atoms with van der Waals surface area (Å²) in [4.78, 5) is 15.5. The molecule has 1 fully saturated rings. The monoisotopic (exact) mass is 333 g/mol. The molecule has 0 spiro atoms. The van der Waals surface area contributed by atoms with Gasteiger partial charge in [0.25, 0.3) is 5.91 Å². The molecule has 23 heavy (non-hydrogen) atoms. The van der Waals surface area contributed by atoms with Gasteiger partial charge in [0, 0.05) is 10.6 Å². The average molecular weight is 334 g/mol. The molecule has 0 aromatic heterocycles. The van der Waals surface area contributed by atoms with E-state index in [1.807, 2.05) is 24.3 Å². The Hall–Kier alpha value is -1.91. The second-order valence-electron chi connectivity index (χ2n) is 5.79. The topological polar surface area (TPSA) is 24.8 Å². The molecule has 0 bridgehead atoms. The van der Waals surface area contributed by atoms with E-state index < -0.39 is 5.82 Å². The van der Waals surface area contributed by atoms with E-state index in [-0.39, 0.29) is 11.5 Å². The smallest absolute Gasteiger partial charge is 0.257 e. The molecule has 3 nitrogen and oxygen atoms in total. The average Bonchev–Trinajstić information content (AvgIpc) is 2.57. The Morgan fingerprint density at radius 2 is 1.74 bits per heavy atom. The minimum Gasteiger partial charge on any atom is -0.328 e.